The fraction of sp³-hybridized carbons (Fsp3) is 0.0833. The number of benzene rings is 1. The van der Waals surface area contributed by atoms with E-state index in [9.17, 15) is 28.6 Å². The molecule has 0 unspecified atom stereocenters. The maximum Gasteiger partial charge on any atom is 0.296 e. The van der Waals surface area contributed by atoms with E-state index in [0.29, 0.717) is 11.8 Å². The van der Waals surface area contributed by atoms with Crippen molar-refractivity contribution in [2.24, 2.45) is 0 Å². The highest BCUT2D eigenvalue weighted by molar-refractivity contribution is 7.89. The highest BCUT2D eigenvalue weighted by Gasteiger charge is 2.28. The molecule has 1 heterocycles. The van der Waals surface area contributed by atoms with Gasteiger partial charge in [-0.25, -0.2) is 13.1 Å². The molecule has 0 aliphatic rings. The Hall–Kier alpha value is -2.92. The van der Waals surface area contributed by atoms with Crippen LogP contribution in [-0.2, 0) is 16.6 Å². The molecule has 0 aliphatic carbocycles. The number of hydrogen-bond acceptors (Lipinski definition) is 7. The van der Waals surface area contributed by atoms with Crippen molar-refractivity contribution in [3.8, 4) is 0 Å². The van der Waals surface area contributed by atoms with Gasteiger partial charge in [-0.15, -0.1) is 0 Å². The predicted octanol–water partition coefficient (Wildman–Crippen LogP) is 1.38. The van der Waals surface area contributed by atoms with Crippen LogP contribution in [0.1, 0.15) is 5.69 Å². The van der Waals surface area contributed by atoms with E-state index in [1.165, 1.54) is 6.20 Å². The fourth-order valence-electron chi connectivity index (χ4n) is 1.74. The third-order valence-corrected chi connectivity index (χ3v) is 4.26. The molecule has 0 atom stereocenters. The van der Waals surface area contributed by atoms with Crippen LogP contribution in [0.15, 0.2) is 47.5 Å². The van der Waals surface area contributed by atoms with E-state index in [1.807, 2.05) is 0 Å². The minimum absolute atomic E-state index is 0.169. The second-order valence-electron chi connectivity index (χ2n) is 4.31. The van der Waals surface area contributed by atoms with Gasteiger partial charge >= 0.3 is 0 Å². The van der Waals surface area contributed by atoms with Crippen molar-refractivity contribution in [2.45, 2.75) is 11.4 Å². The minimum atomic E-state index is -4.23. The van der Waals surface area contributed by atoms with Gasteiger partial charge in [0.05, 0.1) is 28.2 Å². The number of non-ortho nitro benzene ring substituents is 1. The Morgan fingerprint density at radius 2 is 1.83 bits per heavy atom. The topological polar surface area (TPSA) is 145 Å². The van der Waals surface area contributed by atoms with Crippen LogP contribution in [-0.4, -0.2) is 23.2 Å². The number of nitro groups is 2. The van der Waals surface area contributed by atoms with Crippen LogP contribution < -0.4 is 4.72 Å². The molecule has 23 heavy (non-hydrogen) atoms. The zero-order valence-electron chi connectivity index (χ0n) is 11.4. The molecule has 0 fully saturated rings. The second kappa shape index (κ2) is 6.46. The molecular formula is C12H10N4O6S. The molecular weight excluding hydrogens is 328 g/mol. The largest absolute Gasteiger partial charge is 0.296 e. The normalized spacial score (nSPS) is 11.1. The molecule has 1 aromatic heterocycles. The summed E-state index contributed by atoms with van der Waals surface area (Å²) in [6.45, 7) is -0.169. The van der Waals surface area contributed by atoms with E-state index in [1.54, 1.807) is 18.2 Å². The summed E-state index contributed by atoms with van der Waals surface area (Å²) in [5, 5.41) is 21.7. The molecule has 2 rings (SSSR count). The molecule has 1 N–H and O–H groups in total. The molecule has 0 amide bonds. The zero-order chi connectivity index (χ0) is 17.0. The Balaban J connectivity index is 2.35. The third kappa shape index (κ3) is 3.84. The smallest absolute Gasteiger partial charge is 0.260 e. The van der Waals surface area contributed by atoms with Gasteiger partial charge in [0.25, 0.3) is 11.4 Å². The van der Waals surface area contributed by atoms with Crippen molar-refractivity contribution in [1.82, 2.24) is 9.71 Å². The predicted molar refractivity (Wildman–Crippen MR) is 78.0 cm³/mol. The van der Waals surface area contributed by atoms with E-state index in [0.717, 1.165) is 12.1 Å². The summed E-state index contributed by atoms with van der Waals surface area (Å²) in [4.78, 5) is 23.1. The maximum atomic E-state index is 12.2. The summed E-state index contributed by atoms with van der Waals surface area (Å²) in [5.41, 5.74) is -1.02. The summed E-state index contributed by atoms with van der Waals surface area (Å²) < 4.78 is 26.6. The van der Waals surface area contributed by atoms with E-state index in [4.69, 9.17) is 0 Å². The molecule has 0 radical (unpaired) electrons. The van der Waals surface area contributed by atoms with Crippen LogP contribution in [0.4, 0.5) is 11.4 Å². The van der Waals surface area contributed by atoms with Gasteiger partial charge in [0.15, 0.2) is 4.90 Å². The van der Waals surface area contributed by atoms with E-state index in [-0.39, 0.29) is 6.54 Å². The summed E-state index contributed by atoms with van der Waals surface area (Å²) in [7, 11) is -4.23. The summed E-state index contributed by atoms with van der Waals surface area (Å²) in [6.07, 6.45) is 1.47. The van der Waals surface area contributed by atoms with Crippen molar-refractivity contribution in [3.05, 3.63) is 68.5 Å². The molecule has 0 spiro atoms. The van der Waals surface area contributed by atoms with Gasteiger partial charge in [-0.05, 0) is 18.2 Å². The highest BCUT2D eigenvalue weighted by Crippen LogP contribution is 2.28. The Bertz CT molecular complexity index is 853. The van der Waals surface area contributed by atoms with Crippen molar-refractivity contribution in [3.63, 3.8) is 0 Å². The average molecular weight is 338 g/mol. The van der Waals surface area contributed by atoms with Crippen LogP contribution in [0.5, 0.6) is 0 Å². The molecule has 1 aromatic carbocycles. The molecule has 0 aliphatic heterocycles. The fourth-order valence-corrected chi connectivity index (χ4v) is 2.89. The van der Waals surface area contributed by atoms with Gasteiger partial charge in [0.1, 0.15) is 0 Å². The Morgan fingerprint density at radius 3 is 2.39 bits per heavy atom. The lowest BCUT2D eigenvalue weighted by Gasteiger charge is -2.07. The van der Waals surface area contributed by atoms with Gasteiger partial charge < -0.3 is 0 Å². The van der Waals surface area contributed by atoms with Gasteiger partial charge in [-0.1, -0.05) is 6.07 Å². The quantitative estimate of drug-likeness (QED) is 0.618. The summed E-state index contributed by atoms with van der Waals surface area (Å²) in [5.74, 6) is 0. The molecule has 10 nitrogen and oxygen atoms in total. The van der Waals surface area contributed by atoms with Crippen molar-refractivity contribution in [1.29, 1.82) is 0 Å². The highest BCUT2D eigenvalue weighted by atomic mass is 32.2. The first-order valence-corrected chi connectivity index (χ1v) is 7.62. The van der Waals surface area contributed by atoms with Gasteiger partial charge in [0, 0.05) is 12.3 Å². The molecule has 2 aromatic rings. The Kier molecular flexibility index (Phi) is 4.62. The lowest BCUT2D eigenvalue weighted by Crippen LogP contribution is -2.24. The number of sulfonamides is 1. The molecule has 120 valence electrons. The third-order valence-electron chi connectivity index (χ3n) is 2.81. The van der Waals surface area contributed by atoms with Gasteiger partial charge in [0.2, 0.25) is 10.0 Å². The lowest BCUT2D eigenvalue weighted by molar-refractivity contribution is -0.396. The number of nitro benzene ring substituents is 2. The summed E-state index contributed by atoms with van der Waals surface area (Å²) >= 11 is 0. The lowest BCUT2D eigenvalue weighted by atomic mass is 10.3. The van der Waals surface area contributed by atoms with Crippen LogP contribution in [0, 0.1) is 20.2 Å². The van der Waals surface area contributed by atoms with E-state index >= 15 is 0 Å². The first-order chi connectivity index (χ1) is 10.8. The van der Waals surface area contributed by atoms with Crippen LogP contribution >= 0.6 is 0 Å². The van der Waals surface area contributed by atoms with E-state index in [2.05, 4.69) is 9.71 Å². The maximum absolute atomic E-state index is 12.2. The number of aromatic nitrogens is 1. The minimum Gasteiger partial charge on any atom is -0.260 e. The number of rotatable bonds is 6. The van der Waals surface area contributed by atoms with Crippen LogP contribution in [0.3, 0.4) is 0 Å². The number of nitrogens with zero attached hydrogens (tertiary/aromatic N) is 3. The molecule has 0 saturated heterocycles. The van der Waals surface area contributed by atoms with Crippen molar-refractivity contribution in [2.75, 3.05) is 0 Å². The number of hydrogen-bond donors (Lipinski definition) is 1. The SMILES string of the molecule is O=[N+]([O-])c1ccc(S(=O)(=O)NCc2ccccn2)c([N+](=O)[O-])c1. The molecule has 0 saturated carbocycles. The molecule has 11 heteroatoms. The van der Waals surface area contributed by atoms with E-state index < -0.39 is 36.1 Å². The molecule has 0 bridgehead atoms. The van der Waals surface area contributed by atoms with Crippen molar-refractivity contribution >= 4 is 21.4 Å². The zero-order valence-corrected chi connectivity index (χ0v) is 12.3. The Labute approximate surface area is 130 Å². The second-order valence-corrected chi connectivity index (χ2v) is 6.05. The van der Waals surface area contributed by atoms with Crippen molar-refractivity contribution < 1.29 is 18.3 Å². The van der Waals surface area contributed by atoms with Gasteiger partial charge in [-0.3, -0.25) is 25.2 Å². The van der Waals surface area contributed by atoms with Crippen LogP contribution in [0.25, 0.3) is 0 Å². The monoisotopic (exact) mass is 338 g/mol. The Morgan fingerprint density at radius 1 is 1.09 bits per heavy atom. The first-order valence-electron chi connectivity index (χ1n) is 6.13. The van der Waals surface area contributed by atoms with Crippen LogP contribution in [0.2, 0.25) is 0 Å². The average Bonchev–Trinajstić information content (AvgIpc) is 2.53. The first kappa shape index (κ1) is 16.5. The number of nitrogens with one attached hydrogen (secondary N) is 1. The number of pyridine rings is 1. The summed E-state index contributed by atoms with van der Waals surface area (Å²) in [6, 6.07) is 7.21. The van der Waals surface area contributed by atoms with Gasteiger partial charge in [-0.2, -0.15) is 0 Å². The standard InChI is InChI=1S/C12H10N4O6S/c17-15(18)10-4-5-12(11(7-10)16(19)20)23(21,22)14-8-9-3-1-2-6-13-9/h1-7,14H,8H2.